The van der Waals surface area contributed by atoms with Crippen molar-refractivity contribution < 1.29 is 27.5 Å². The minimum absolute atomic E-state index is 0.0380. The third-order valence-electron chi connectivity index (χ3n) is 5.94. The van der Waals surface area contributed by atoms with Gasteiger partial charge in [-0.25, -0.2) is 8.42 Å². The van der Waals surface area contributed by atoms with E-state index in [1.165, 1.54) is 50.4 Å². The standard InChI is InChI=1S/C27H30ClN3O6S/c1-19(27(33)29-2)30(17-20-8-7-9-21(28)16-20)26(32)18-31(24-10-5-6-11-25(24)37-4)38(34,35)23-14-12-22(36-3)13-15-23/h5-16,19H,17-18H2,1-4H3,(H,29,33)/t19-/m1/s1. The summed E-state index contributed by atoms with van der Waals surface area (Å²) in [6, 6.07) is 18.3. The molecule has 0 heterocycles. The van der Waals surface area contributed by atoms with Gasteiger partial charge in [-0.05, 0) is 61.0 Å². The van der Waals surface area contributed by atoms with Crippen LogP contribution in [-0.4, -0.2) is 59.0 Å². The van der Waals surface area contributed by atoms with Gasteiger partial charge in [0.25, 0.3) is 10.0 Å². The number of likely N-dealkylation sites (N-methyl/N-ethyl adjacent to an activating group) is 1. The Bertz CT molecular complexity index is 1380. The molecule has 38 heavy (non-hydrogen) atoms. The third kappa shape index (κ3) is 6.56. The molecule has 0 aliphatic heterocycles. The zero-order chi connectivity index (χ0) is 27.9. The quantitative estimate of drug-likeness (QED) is 0.384. The van der Waals surface area contributed by atoms with Crippen LogP contribution in [0.2, 0.25) is 5.02 Å². The Morgan fingerprint density at radius 3 is 2.26 bits per heavy atom. The molecule has 202 valence electrons. The number of para-hydroxylation sites is 2. The summed E-state index contributed by atoms with van der Waals surface area (Å²) in [5.74, 6) is -0.250. The molecule has 3 aromatic rings. The molecule has 3 aromatic carbocycles. The van der Waals surface area contributed by atoms with Crippen molar-refractivity contribution in [2.45, 2.75) is 24.4 Å². The SMILES string of the molecule is CNC(=O)[C@@H](C)N(Cc1cccc(Cl)c1)C(=O)CN(c1ccccc1OC)S(=O)(=O)c1ccc(OC)cc1. The largest absolute Gasteiger partial charge is 0.497 e. The lowest BCUT2D eigenvalue weighted by Gasteiger charge is -2.32. The lowest BCUT2D eigenvalue weighted by atomic mass is 10.1. The Balaban J connectivity index is 2.07. The molecule has 11 heteroatoms. The molecule has 0 saturated heterocycles. The Morgan fingerprint density at radius 2 is 1.66 bits per heavy atom. The highest BCUT2D eigenvalue weighted by atomic mass is 35.5. The smallest absolute Gasteiger partial charge is 0.264 e. The summed E-state index contributed by atoms with van der Waals surface area (Å²) in [7, 11) is 0.118. The first-order valence-electron chi connectivity index (χ1n) is 11.7. The number of carbonyl (C=O) groups is 2. The molecule has 0 fully saturated rings. The normalized spacial score (nSPS) is 11.8. The summed E-state index contributed by atoms with van der Waals surface area (Å²) in [4.78, 5) is 27.6. The van der Waals surface area contributed by atoms with Crippen LogP contribution in [0.4, 0.5) is 5.69 Å². The van der Waals surface area contributed by atoms with Gasteiger partial charge in [-0.15, -0.1) is 0 Å². The number of halogens is 1. The minimum Gasteiger partial charge on any atom is -0.497 e. The Hall–Kier alpha value is -3.76. The van der Waals surface area contributed by atoms with Gasteiger partial charge in [0.1, 0.15) is 24.1 Å². The van der Waals surface area contributed by atoms with E-state index in [9.17, 15) is 18.0 Å². The van der Waals surface area contributed by atoms with Gasteiger partial charge < -0.3 is 19.7 Å². The van der Waals surface area contributed by atoms with Crippen LogP contribution in [-0.2, 0) is 26.2 Å². The Labute approximate surface area is 228 Å². The number of carbonyl (C=O) groups excluding carboxylic acids is 2. The van der Waals surface area contributed by atoms with Crippen molar-refractivity contribution in [2.24, 2.45) is 0 Å². The maximum absolute atomic E-state index is 13.9. The molecule has 1 N–H and O–H groups in total. The Morgan fingerprint density at radius 1 is 0.974 bits per heavy atom. The van der Waals surface area contributed by atoms with Crippen LogP contribution in [0, 0.1) is 0 Å². The molecule has 0 bridgehead atoms. The molecule has 1 atom stereocenters. The molecule has 0 aliphatic rings. The predicted octanol–water partition coefficient (Wildman–Crippen LogP) is 3.72. The van der Waals surface area contributed by atoms with Crippen LogP contribution >= 0.6 is 11.6 Å². The highest BCUT2D eigenvalue weighted by Gasteiger charge is 2.33. The maximum Gasteiger partial charge on any atom is 0.264 e. The number of ether oxygens (including phenoxy) is 2. The summed E-state index contributed by atoms with van der Waals surface area (Å²) in [5.41, 5.74) is 0.859. The molecule has 0 radical (unpaired) electrons. The number of sulfonamides is 1. The van der Waals surface area contributed by atoms with E-state index in [-0.39, 0.29) is 22.9 Å². The highest BCUT2D eigenvalue weighted by Crippen LogP contribution is 2.33. The number of anilines is 1. The van der Waals surface area contributed by atoms with E-state index in [0.717, 1.165) is 4.31 Å². The third-order valence-corrected chi connectivity index (χ3v) is 7.94. The van der Waals surface area contributed by atoms with E-state index in [1.54, 1.807) is 55.5 Å². The molecule has 0 aliphatic carbocycles. The first-order valence-corrected chi connectivity index (χ1v) is 13.5. The second-order valence-electron chi connectivity index (χ2n) is 8.30. The number of hydrogen-bond donors (Lipinski definition) is 1. The monoisotopic (exact) mass is 559 g/mol. The number of hydrogen-bond acceptors (Lipinski definition) is 6. The fourth-order valence-corrected chi connectivity index (χ4v) is 5.49. The summed E-state index contributed by atoms with van der Waals surface area (Å²) < 4.78 is 39.3. The maximum atomic E-state index is 13.9. The van der Waals surface area contributed by atoms with Crippen LogP contribution in [0.15, 0.2) is 77.7 Å². The van der Waals surface area contributed by atoms with Crippen molar-refractivity contribution in [2.75, 3.05) is 32.1 Å². The molecule has 0 saturated carbocycles. The van der Waals surface area contributed by atoms with Crippen LogP contribution in [0.1, 0.15) is 12.5 Å². The van der Waals surface area contributed by atoms with Crippen molar-refractivity contribution in [1.82, 2.24) is 10.2 Å². The van der Waals surface area contributed by atoms with Gasteiger partial charge in [0.15, 0.2) is 0 Å². The molecule has 0 aromatic heterocycles. The number of nitrogens with one attached hydrogen (secondary N) is 1. The Kier molecular flexibility index (Phi) is 9.60. The number of benzene rings is 3. The second kappa shape index (κ2) is 12.7. The van der Waals surface area contributed by atoms with Gasteiger partial charge in [-0.2, -0.15) is 0 Å². The van der Waals surface area contributed by atoms with Crippen molar-refractivity contribution in [3.8, 4) is 11.5 Å². The molecular formula is C27H30ClN3O6S. The van der Waals surface area contributed by atoms with E-state index in [0.29, 0.717) is 16.3 Å². The summed E-state index contributed by atoms with van der Waals surface area (Å²) in [5, 5.41) is 3.02. The summed E-state index contributed by atoms with van der Waals surface area (Å²) >= 11 is 6.13. The molecule has 9 nitrogen and oxygen atoms in total. The van der Waals surface area contributed by atoms with E-state index in [4.69, 9.17) is 21.1 Å². The van der Waals surface area contributed by atoms with Crippen molar-refractivity contribution in [3.63, 3.8) is 0 Å². The minimum atomic E-state index is -4.24. The predicted molar refractivity (Wildman–Crippen MR) is 146 cm³/mol. The van der Waals surface area contributed by atoms with E-state index >= 15 is 0 Å². The van der Waals surface area contributed by atoms with Gasteiger partial charge >= 0.3 is 0 Å². The van der Waals surface area contributed by atoms with E-state index in [1.807, 2.05) is 0 Å². The van der Waals surface area contributed by atoms with E-state index in [2.05, 4.69) is 5.32 Å². The van der Waals surface area contributed by atoms with Crippen molar-refractivity contribution in [3.05, 3.63) is 83.4 Å². The zero-order valence-corrected chi connectivity index (χ0v) is 23.1. The van der Waals surface area contributed by atoms with Crippen molar-refractivity contribution in [1.29, 1.82) is 0 Å². The first kappa shape index (κ1) is 28.8. The lowest BCUT2D eigenvalue weighted by molar-refractivity contribution is -0.139. The van der Waals surface area contributed by atoms with Gasteiger partial charge in [-0.1, -0.05) is 35.9 Å². The van der Waals surface area contributed by atoms with Crippen LogP contribution < -0.4 is 19.1 Å². The number of rotatable bonds is 11. The van der Waals surface area contributed by atoms with Crippen LogP contribution in [0.3, 0.4) is 0 Å². The lowest BCUT2D eigenvalue weighted by Crippen LogP contribution is -2.50. The average molecular weight is 560 g/mol. The number of methoxy groups -OCH3 is 2. The molecule has 2 amide bonds. The van der Waals surface area contributed by atoms with Crippen LogP contribution in [0.25, 0.3) is 0 Å². The van der Waals surface area contributed by atoms with Gasteiger partial charge in [-0.3, -0.25) is 13.9 Å². The first-order chi connectivity index (χ1) is 18.1. The zero-order valence-electron chi connectivity index (χ0n) is 21.5. The van der Waals surface area contributed by atoms with Crippen LogP contribution in [0.5, 0.6) is 11.5 Å². The summed E-state index contributed by atoms with van der Waals surface area (Å²) in [6.45, 7) is 1.03. The highest BCUT2D eigenvalue weighted by molar-refractivity contribution is 7.92. The fraction of sp³-hybridized carbons (Fsp3) is 0.259. The van der Waals surface area contributed by atoms with Crippen molar-refractivity contribution >= 4 is 39.1 Å². The summed E-state index contributed by atoms with van der Waals surface area (Å²) in [6.07, 6.45) is 0. The molecular weight excluding hydrogens is 530 g/mol. The number of nitrogens with zero attached hydrogens (tertiary/aromatic N) is 2. The second-order valence-corrected chi connectivity index (χ2v) is 10.6. The fourth-order valence-electron chi connectivity index (χ4n) is 3.85. The topological polar surface area (TPSA) is 105 Å². The molecule has 3 rings (SSSR count). The average Bonchev–Trinajstić information content (AvgIpc) is 2.93. The van der Waals surface area contributed by atoms with Gasteiger partial charge in [0.05, 0.1) is 24.8 Å². The van der Waals surface area contributed by atoms with Gasteiger partial charge in [0.2, 0.25) is 11.8 Å². The molecule has 0 spiro atoms. The molecule has 0 unspecified atom stereocenters. The number of amides is 2. The van der Waals surface area contributed by atoms with E-state index < -0.39 is 34.4 Å². The van der Waals surface area contributed by atoms with Gasteiger partial charge in [0, 0.05) is 18.6 Å².